The Balaban J connectivity index is 0.000000158. The van der Waals surface area contributed by atoms with Crippen LogP contribution in [-0.2, 0) is 14.1 Å². The highest BCUT2D eigenvalue weighted by molar-refractivity contribution is 9.10. The maximum atomic E-state index is 4.48. The minimum absolute atomic E-state index is 0.560. The normalized spacial score (nSPS) is 16.7. The Hall–Kier alpha value is -2.38. The molecule has 30 heavy (non-hydrogen) atoms. The van der Waals surface area contributed by atoms with Crippen LogP contribution in [0.5, 0.6) is 0 Å². The minimum atomic E-state index is 0.560. The molecule has 0 radical (unpaired) electrons. The SMILES string of the molecule is Cc1nn(C)c2ccc(Br)cc12.Cc1nn(C)c2ccc(N3CCN[C@H](C)C3)cc12. The number of piperazine rings is 1. The van der Waals surface area contributed by atoms with Crippen LogP contribution in [0.25, 0.3) is 21.8 Å². The monoisotopic (exact) mass is 468 g/mol. The zero-order valence-electron chi connectivity index (χ0n) is 18.3. The standard InChI is InChI=1S/C14H20N4.C9H9BrN2/c1-10-9-18(7-6-15-10)12-4-5-14-13(8-12)11(2)16-17(14)3;1-6-8-5-7(10)3-4-9(8)12(2)11-6/h4-5,8,10,15H,6-7,9H2,1-3H3;3-5H,1-2H3/t10-;/m1./s1. The smallest absolute Gasteiger partial charge is 0.0683 e. The molecule has 0 aliphatic carbocycles. The second-order valence-corrected chi connectivity index (χ2v) is 9.00. The first-order valence-electron chi connectivity index (χ1n) is 10.3. The van der Waals surface area contributed by atoms with Gasteiger partial charge in [0.15, 0.2) is 0 Å². The van der Waals surface area contributed by atoms with Crippen molar-refractivity contribution in [2.75, 3.05) is 24.5 Å². The van der Waals surface area contributed by atoms with Gasteiger partial charge in [0.25, 0.3) is 0 Å². The number of halogens is 1. The molecule has 158 valence electrons. The van der Waals surface area contributed by atoms with Crippen LogP contribution in [0.2, 0.25) is 0 Å². The molecule has 0 unspecified atom stereocenters. The van der Waals surface area contributed by atoms with E-state index in [4.69, 9.17) is 0 Å². The molecule has 1 fully saturated rings. The van der Waals surface area contributed by atoms with Crippen LogP contribution in [-0.4, -0.2) is 45.2 Å². The molecule has 4 aromatic rings. The highest BCUT2D eigenvalue weighted by Crippen LogP contribution is 2.25. The van der Waals surface area contributed by atoms with Crippen molar-refractivity contribution in [1.29, 1.82) is 0 Å². The molecule has 0 spiro atoms. The zero-order chi connectivity index (χ0) is 21.4. The van der Waals surface area contributed by atoms with E-state index in [2.05, 4.69) is 80.5 Å². The van der Waals surface area contributed by atoms with Gasteiger partial charge < -0.3 is 10.2 Å². The van der Waals surface area contributed by atoms with Crippen LogP contribution >= 0.6 is 15.9 Å². The van der Waals surface area contributed by atoms with Gasteiger partial charge in [-0.15, -0.1) is 0 Å². The number of hydrogen-bond acceptors (Lipinski definition) is 4. The second kappa shape index (κ2) is 8.40. The number of benzene rings is 2. The van der Waals surface area contributed by atoms with E-state index in [1.807, 2.05) is 36.4 Å². The largest absolute Gasteiger partial charge is 0.369 e. The number of fused-ring (bicyclic) bond motifs is 2. The van der Waals surface area contributed by atoms with Crippen molar-refractivity contribution < 1.29 is 0 Å². The zero-order valence-corrected chi connectivity index (χ0v) is 19.9. The lowest BCUT2D eigenvalue weighted by molar-refractivity contribution is 0.485. The van der Waals surface area contributed by atoms with E-state index in [1.54, 1.807) is 0 Å². The van der Waals surface area contributed by atoms with Crippen molar-refractivity contribution in [3.63, 3.8) is 0 Å². The van der Waals surface area contributed by atoms with Crippen molar-refractivity contribution in [2.45, 2.75) is 26.8 Å². The van der Waals surface area contributed by atoms with Gasteiger partial charge in [-0.3, -0.25) is 9.36 Å². The number of aromatic nitrogens is 4. The molecule has 7 heteroatoms. The third-order valence-corrected chi connectivity index (χ3v) is 6.24. The van der Waals surface area contributed by atoms with Gasteiger partial charge in [-0.05, 0) is 57.2 Å². The quantitative estimate of drug-likeness (QED) is 0.451. The van der Waals surface area contributed by atoms with Crippen molar-refractivity contribution >= 4 is 43.4 Å². The molecule has 6 nitrogen and oxygen atoms in total. The van der Waals surface area contributed by atoms with Crippen LogP contribution in [0.3, 0.4) is 0 Å². The molecule has 0 amide bonds. The van der Waals surface area contributed by atoms with Gasteiger partial charge in [-0.1, -0.05) is 15.9 Å². The van der Waals surface area contributed by atoms with E-state index in [0.29, 0.717) is 6.04 Å². The first kappa shape index (κ1) is 20.9. The number of hydrogen-bond donors (Lipinski definition) is 1. The fourth-order valence-corrected chi connectivity index (χ4v) is 4.57. The molecule has 2 aromatic carbocycles. The van der Waals surface area contributed by atoms with Gasteiger partial charge in [0.1, 0.15) is 0 Å². The summed E-state index contributed by atoms with van der Waals surface area (Å²) in [6.07, 6.45) is 0. The van der Waals surface area contributed by atoms with Gasteiger partial charge in [-0.25, -0.2) is 0 Å². The number of nitrogens with zero attached hydrogens (tertiary/aromatic N) is 5. The summed E-state index contributed by atoms with van der Waals surface area (Å²) in [6, 6.07) is 13.4. The van der Waals surface area contributed by atoms with Gasteiger partial charge >= 0.3 is 0 Å². The Labute approximate surface area is 186 Å². The third-order valence-electron chi connectivity index (χ3n) is 5.75. The second-order valence-electron chi connectivity index (χ2n) is 8.08. The molecule has 1 saturated heterocycles. The number of rotatable bonds is 1. The molecule has 3 heterocycles. The molecule has 1 aliphatic rings. The third kappa shape index (κ3) is 4.09. The Morgan fingerprint density at radius 1 is 0.933 bits per heavy atom. The van der Waals surface area contributed by atoms with Crippen molar-refractivity contribution in [3.8, 4) is 0 Å². The lowest BCUT2D eigenvalue weighted by Crippen LogP contribution is -2.49. The van der Waals surface area contributed by atoms with Gasteiger partial charge in [0, 0.05) is 60.7 Å². The van der Waals surface area contributed by atoms with E-state index in [9.17, 15) is 0 Å². The van der Waals surface area contributed by atoms with E-state index in [-0.39, 0.29) is 0 Å². The first-order chi connectivity index (χ1) is 14.3. The summed E-state index contributed by atoms with van der Waals surface area (Å²) in [5, 5.41) is 14.8. The minimum Gasteiger partial charge on any atom is -0.369 e. The molecular formula is C23H29BrN6. The first-order valence-corrected chi connectivity index (χ1v) is 11.1. The average Bonchev–Trinajstić information content (AvgIpc) is 3.17. The molecule has 1 aliphatic heterocycles. The summed E-state index contributed by atoms with van der Waals surface area (Å²) in [5.74, 6) is 0. The Bertz CT molecular complexity index is 1190. The predicted octanol–water partition coefficient (Wildman–Crippen LogP) is 4.32. The van der Waals surface area contributed by atoms with E-state index in [0.717, 1.165) is 35.5 Å². The van der Waals surface area contributed by atoms with Crippen LogP contribution < -0.4 is 10.2 Å². The van der Waals surface area contributed by atoms with Crippen LogP contribution in [0.1, 0.15) is 18.3 Å². The van der Waals surface area contributed by atoms with Gasteiger partial charge in [0.05, 0.1) is 22.4 Å². The Morgan fingerprint density at radius 2 is 1.53 bits per heavy atom. The van der Waals surface area contributed by atoms with Crippen LogP contribution in [0, 0.1) is 13.8 Å². The molecular weight excluding hydrogens is 440 g/mol. The lowest BCUT2D eigenvalue weighted by atomic mass is 10.1. The maximum absolute atomic E-state index is 4.48. The fraction of sp³-hybridized carbons (Fsp3) is 0.391. The number of nitrogens with one attached hydrogen (secondary N) is 1. The van der Waals surface area contributed by atoms with E-state index >= 15 is 0 Å². The topological polar surface area (TPSA) is 50.9 Å². The highest BCUT2D eigenvalue weighted by Gasteiger charge is 2.17. The summed E-state index contributed by atoms with van der Waals surface area (Å²) in [5.41, 5.74) is 5.88. The van der Waals surface area contributed by atoms with Crippen LogP contribution in [0.15, 0.2) is 40.9 Å². The summed E-state index contributed by atoms with van der Waals surface area (Å²) in [7, 11) is 3.96. The summed E-state index contributed by atoms with van der Waals surface area (Å²) >= 11 is 3.44. The Kier molecular flexibility index (Phi) is 5.84. The van der Waals surface area contributed by atoms with Crippen molar-refractivity contribution in [3.05, 3.63) is 52.3 Å². The summed E-state index contributed by atoms with van der Waals surface area (Å²) in [4.78, 5) is 2.45. The molecule has 1 N–H and O–H groups in total. The van der Waals surface area contributed by atoms with E-state index < -0.39 is 0 Å². The lowest BCUT2D eigenvalue weighted by Gasteiger charge is -2.33. The maximum Gasteiger partial charge on any atom is 0.0683 e. The van der Waals surface area contributed by atoms with Gasteiger partial charge in [0.2, 0.25) is 0 Å². The van der Waals surface area contributed by atoms with Gasteiger partial charge in [-0.2, -0.15) is 10.2 Å². The fourth-order valence-electron chi connectivity index (χ4n) is 4.21. The summed E-state index contributed by atoms with van der Waals surface area (Å²) in [6.45, 7) is 9.55. The number of anilines is 1. The summed E-state index contributed by atoms with van der Waals surface area (Å²) < 4.78 is 4.96. The molecule has 1 atom stereocenters. The molecule has 0 saturated carbocycles. The predicted molar refractivity (Wildman–Crippen MR) is 128 cm³/mol. The highest BCUT2D eigenvalue weighted by atomic mass is 79.9. The van der Waals surface area contributed by atoms with Crippen molar-refractivity contribution in [1.82, 2.24) is 24.9 Å². The van der Waals surface area contributed by atoms with Crippen LogP contribution in [0.4, 0.5) is 5.69 Å². The Morgan fingerprint density at radius 3 is 2.17 bits per heavy atom. The van der Waals surface area contributed by atoms with E-state index in [1.165, 1.54) is 27.5 Å². The molecule has 2 aromatic heterocycles. The average molecular weight is 469 g/mol. The van der Waals surface area contributed by atoms with Crippen molar-refractivity contribution in [2.24, 2.45) is 14.1 Å². The molecule has 0 bridgehead atoms. The number of aryl methyl sites for hydroxylation is 4. The molecule has 5 rings (SSSR count).